The summed E-state index contributed by atoms with van der Waals surface area (Å²) in [4.78, 5) is 3.95. The standard InChI is InChI=1S/C13H14ClN3O2S/c1-20(18,19)17-13-3-2-11(8-12(13)14)16-9-10-4-6-15-7-5-10/h2-8,16-17H,9H2,1H3. The molecule has 0 aliphatic rings. The Bertz CT molecular complexity index is 690. The van der Waals surface area contributed by atoms with Gasteiger partial charge in [0.25, 0.3) is 0 Å². The van der Waals surface area contributed by atoms with Crippen molar-refractivity contribution in [3.05, 3.63) is 53.3 Å². The van der Waals surface area contributed by atoms with Crippen molar-refractivity contribution >= 4 is 33.0 Å². The van der Waals surface area contributed by atoms with Crippen LogP contribution in [0.5, 0.6) is 0 Å². The number of aromatic nitrogens is 1. The van der Waals surface area contributed by atoms with Crippen molar-refractivity contribution in [3.8, 4) is 0 Å². The third-order valence-electron chi connectivity index (χ3n) is 2.51. The minimum Gasteiger partial charge on any atom is -0.381 e. The molecule has 106 valence electrons. The third-order valence-corrected chi connectivity index (χ3v) is 3.41. The van der Waals surface area contributed by atoms with Gasteiger partial charge in [-0.1, -0.05) is 11.6 Å². The van der Waals surface area contributed by atoms with E-state index >= 15 is 0 Å². The number of pyridine rings is 1. The topological polar surface area (TPSA) is 71.1 Å². The second kappa shape index (κ2) is 6.11. The Morgan fingerprint density at radius 2 is 1.90 bits per heavy atom. The highest BCUT2D eigenvalue weighted by atomic mass is 35.5. The Morgan fingerprint density at radius 3 is 2.50 bits per heavy atom. The summed E-state index contributed by atoms with van der Waals surface area (Å²) in [5.74, 6) is 0. The van der Waals surface area contributed by atoms with Crippen molar-refractivity contribution < 1.29 is 8.42 Å². The molecule has 5 nitrogen and oxygen atoms in total. The summed E-state index contributed by atoms with van der Waals surface area (Å²) >= 11 is 6.04. The third kappa shape index (κ3) is 4.40. The lowest BCUT2D eigenvalue weighted by molar-refractivity contribution is 0.607. The first-order valence-corrected chi connectivity index (χ1v) is 8.11. The molecule has 0 aliphatic heterocycles. The highest BCUT2D eigenvalue weighted by Crippen LogP contribution is 2.26. The first-order chi connectivity index (χ1) is 9.44. The van der Waals surface area contributed by atoms with Crippen LogP contribution in [-0.4, -0.2) is 19.7 Å². The average Bonchev–Trinajstić information content (AvgIpc) is 2.39. The van der Waals surface area contributed by atoms with Gasteiger partial charge in [-0.05, 0) is 35.9 Å². The Labute approximate surface area is 123 Å². The van der Waals surface area contributed by atoms with Crippen molar-refractivity contribution in [3.63, 3.8) is 0 Å². The number of nitrogens with zero attached hydrogens (tertiary/aromatic N) is 1. The summed E-state index contributed by atoms with van der Waals surface area (Å²) in [6.07, 6.45) is 4.53. The number of anilines is 2. The van der Waals surface area contributed by atoms with Gasteiger partial charge in [0, 0.05) is 24.6 Å². The molecule has 0 bridgehead atoms. The summed E-state index contributed by atoms with van der Waals surface area (Å²) in [5, 5.41) is 3.55. The maximum Gasteiger partial charge on any atom is 0.229 e. The van der Waals surface area contributed by atoms with Gasteiger partial charge >= 0.3 is 0 Å². The van der Waals surface area contributed by atoms with Gasteiger partial charge in [0.15, 0.2) is 0 Å². The summed E-state index contributed by atoms with van der Waals surface area (Å²) in [5.41, 5.74) is 2.27. The van der Waals surface area contributed by atoms with Gasteiger partial charge in [0.1, 0.15) is 0 Å². The molecule has 0 saturated heterocycles. The Kier molecular flexibility index (Phi) is 4.46. The van der Waals surface area contributed by atoms with Crippen molar-refractivity contribution in [1.29, 1.82) is 0 Å². The molecule has 1 aromatic heterocycles. The number of sulfonamides is 1. The molecule has 1 heterocycles. The molecule has 1 aromatic carbocycles. The van der Waals surface area contributed by atoms with E-state index in [1.807, 2.05) is 12.1 Å². The molecule has 0 amide bonds. The molecule has 0 atom stereocenters. The Morgan fingerprint density at radius 1 is 1.20 bits per heavy atom. The molecule has 7 heteroatoms. The summed E-state index contributed by atoms with van der Waals surface area (Å²) in [7, 11) is -3.33. The molecule has 0 fully saturated rings. The van der Waals surface area contributed by atoms with Crippen molar-refractivity contribution in [1.82, 2.24) is 4.98 Å². The Balaban J connectivity index is 2.06. The van der Waals surface area contributed by atoms with Crippen molar-refractivity contribution in [2.24, 2.45) is 0 Å². The van der Waals surface area contributed by atoms with Crippen LogP contribution in [0.3, 0.4) is 0 Å². The van der Waals surface area contributed by atoms with E-state index in [4.69, 9.17) is 11.6 Å². The molecule has 0 spiro atoms. The molecule has 2 aromatic rings. The first-order valence-electron chi connectivity index (χ1n) is 5.84. The quantitative estimate of drug-likeness (QED) is 0.890. The zero-order valence-electron chi connectivity index (χ0n) is 10.8. The van der Waals surface area contributed by atoms with E-state index in [0.29, 0.717) is 17.3 Å². The maximum absolute atomic E-state index is 11.2. The number of benzene rings is 1. The SMILES string of the molecule is CS(=O)(=O)Nc1ccc(NCc2ccncc2)cc1Cl. The number of hydrogen-bond acceptors (Lipinski definition) is 4. The lowest BCUT2D eigenvalue weighted by atomic mass is 10.2. The molecular formula is C13H14ClN3O2S. The molecule has 0 aliphatic carbocycles. The second-order valence-electron chi connectivity index (χ2n) is 4.28. The van der Waals surface area contributed by atoms with E-state index in [1.165, 1.54) is 0 Å². The fourth-order valence-corrected chi connectivity index (χ4v) is 2.47. The van der Waals surface area contributed by atoms with Crippen LogP contribution in [0.25, 0.3) is 0 Å². The van der Waals surface area contributed by atoms with Crippen LogP contribution in [-0.2, 0) is 16.6 Å². The van der Waals surface area contributed by atoms with Gasteiger partial charge in [0.05, 0.1) is 17.0 Å². The van der Waals surface area contributed by atoms with E-state index in [9.17, 15) is 8.42 Å². The zero-order chi connectivity index (χ0) is 14.6. The molecule has 0 unspecified atom stereocenters. The minimum absolute atomic E-state index is 0.343. The van der Waals surface area contributed by atoms with Crippen LogP contribution in [0, 0.1) is 0 Å². The fourth-order valence-electron chi connectivity index (χ4n) is 1.61. The number of nitrogens with one attached hydrogen (secondary N) is 2. The largest absolute Gasteiger partial charge is 0.381 e. The van der Waals surface area contributed by atoms with Crippen LogP contribution >= 0.6 is 11.6 Å². The van der Waals surface area contributed by atoms with Gasteiger partial charge in [0.2, 0.25) is 10.0 Å². The minimum atomic E-state index is -3.33. The summed E-state index contributed by atoms with van der Waals surface area (Å²) < 4.78 is 24.7. The smallest absolute Gasteiger partial charge is 0.229 e. The van der Waals surface area contributed by atoms with E-state index in [0.717, 1.165) is 17.5 Å². The van der Waals surface area contributed by atoms with Crippen LogP contribution in [0.2, 0.25) is 5.02 Å². The van der Waals surface area contributed by atoms with E-state index in [1.54, 1.807) is 30.6 Å². The van der Waals surface area contributed by atoms with Gasteiger partial charge in [-0.25, -0.2) is 8.42 Å². The number of halogens is 1. The molecule has 20 heavy (non-hydrogen) atoms. The normalized spacial score (nSPS) is 11.1. The molecule has 0 radical (unpaired) electrons. The average molecular weight is 312 g/mol. The highest BCUT2D eigenvalue weighted by Gasteiger charge is 2.06. The van der Waals surface area contributed by atoms with Gasteiger partial charge < -0.3 is 5.32 Å². The van der Waals surface area contributed by atoms with Gasteiger partial charge in [-0.3, -0.25) is 9.71 Å². The van der Waals surface area contributed by atoms with Crippen molar-refractivity contribution in [2.75, 3.05) is 16.3 Å². The lowest BCUT2D eigenvalue weighted by Gasteiger charge is -2.10. The maximum atomic E-state index is 11.2. The van der Waals surface area contributed by atoms with Gasteiger partial charge in [-0.2, -0.15) is 0 Å². The van der Waals surface area contributed by atoms with Gasteiger partial charge in [-0.15, -0.1) is 0 Å². The predicted octanol–water partition coefficient (Wildman–Crippen LogP) is 2.72. The van der Waals surface area contributed by atoms with Crippen LogP contribution < -0.4 is 10.0 Å². The lowest BCUT2D eigenvalue weighted by Crippen LogP contribution is -2.10. The van der Waals surface area contributed by atoms with E-state index < -0.39 is 10.0 Å². The molecular weight excluding hydrogens is 298 g/mol. The van der Waals surface area contributed by atoms with Crippen LogP contribution in [0.1, 0.15) is 5.56 Å². The highest BCUT2D eigenvalue weighted by molar-refractivity contribution is 7.92. The Hall–Kier alpha value is -1.79. The molecule has 2 rings (SSSR count). The summed E-state index contributed by atoms with van der Waals surface area (Å²) in [6, 6.07) is 8.89. The zero-order valence-corrected chi connectivity index (χ0v) is 12.4. The monoisotopic (exact) mass is 311 g/mol. The van der Waals surface area contributed by atoms with Crippen molar-refractivity contribution in [2.45, 2.75) is 6.54 Å². The number of hydrogen-bond donors (Lipinski definition) is 2. The predicted molar refractivity (Wildman–Crippen MR) is 81.5 cm³/mol. The molecule has 2 N–H and O–H groups in total. The van der Waals surface area contributed by atoms with E-state index in [-0.39, 0.29) is 0 Å². The summed E-state index contributed by atoms with van der Waals surface area (Å²) in [6.45, 7) is 0.637. The van der Waals surface area contributed by atoms with Crippen LogP contribution in [0.4, 0.5) is 11.4 Å². The van der Waals surface area contributed by atoms with E-state index in [2.05, 4.69) is 15.0 Å². The van der Waals surface area contributed by atoms with Crippen LogP contribution in [0.15, 0.2) is 42.7 Å². The number of rotatable bonds is 5. The first kappa shape index (κ1) is 14.6. The second-order valence-corrected chi connectivity index (χ2v) is 6.43. The fraction of sp³-hybridized carbons (Fsp3) is 0.154. The molecule has 0 saturated carbocycles.